The summed E-state index contributed by atoms with van der Waals surface area (Å²) in [7, 11) is 1.80. The lowest BCUT2D eigenvalue weighted by atomic mass is 10.0. The highest BCUT2D eigenvalue weighted by Crippen LogP contribution is 2.19. The predicted molar refractivity (Wildman–Crippen MR) is 80.1 cm³/mol. The van der Waals surface area contributed by atoms with Crippen molar-refractivity contribution in [2.75, 3.05) is 39.9 Å². The molecule has 0 saturated carbocycles. The second-order valence-electron chi connectivity index (χ2n) is 5.63. The lowest BCUT2D eigenvalue weighted by Gasteiger charge is -2.42. The molecule has 2 N–H and O–H groups in total. The van der Waals surface area contributed by atoms with Gasteiger partial charge in [-0.2, -0.15) is 0 Å². The second kappa shape index (κ2) is 7.17. The molecule has 19 heavy (non-hydrogen) atoms. The van der Waals surface area contributed by atoms with Crippen LogP contribution in [0.5, 0.6) is 0 Å². The third kappa shape index (κ3) is 5.42. The van der Waals surface area contributed by atoms with Gasteiger partial charge >= 0.3 is 0 Å². The average molecular weight is 287 g/mol. The molecule has 0 atom stereocenters. The number of morpholine rings is 1. The number of hydrogen-bond acceptors (Lipinski definition) is 4. The quantitative estimate of drug-likeness (QED) is 0.726. The van der Waals surface area contributed by atoms with Crippen molar-refractivity contribution in [1.82, 2.24) is 9.80 Å². The molecule has 1 rings (SSSR count). The molecule has 1 saturated heterocycles. The van der Waals surface area contributed by atoms with Gasteiger partial charge in [0.05, 0.1) is 18.2 Å². The van der Waals surface area contributed by atoms with E-state index in [2.05, 4.69) is 18.7 Å². The van der Waals surface area contributed by atoms with E-state index in [0.717, 1.165) is 26.3 Å². The zero-order valence-electron chi connectivity index (χ0n) is 12.1. The molecule has 0 radical (unpaired) electrons. The van der Waals surface area contributed by atoms with Crippen LogP contribution in [-0.2, 0) is 9.53 Å². The third-order valence-corrected chi connectivity index (χ3v) is 3.74. The Hall–Kier alpha value is -0.720. The number of ether oxygens (including phenoxy) is 1. The van der Waals surface area contributed by atoms with Crippen molar-refractivity contribution in [3.8, 4) is 0 Å². The molecule has 0 spiro atoms. The van der Waals surface area contributed by atoms with Crippen molar-refractivity contribution in [2.45, 2.75) is 32.2 Å². The summed E-state index contributed by atoms with van der Waals surface area (Å²) in [5.41, 5.74) is 5.45. The van der Waals surface area contributed by atoms with E-state index >= 15 is 0 Å². The van der Waals surface area contributed by atoms with E-state index in [4.69, 9.17) is 22.7 Å². The third-order valence-electron chi connectivity index (χ3n) is 3.53. The molecule has 1 fully saturated rings. The molecule has 0 aromatic heterocycles. The maximum atomic E-state index is 12.0. The molecule has 1 aliphatic heterocycles. The number of hydrogen-bond donors (Lipinski definition) is 1. The van der Waals surface area contributed by atoms with E-state index in [1.165, 1.54) is 0 Å². The maximum Gasteiger partial charge on any atom is 0.223 e. The fourth-order valence-corrected chi connectivity index (χ4v) is 2.22. The van der Waals surface area contributed by atoms with Gasteiger partial charge in [0.2, 0.25) is 5.91 Å². The smallest absolute Gasteiger partial charge is 0.223 e. The summed E-state index contributed by atoms with van der Waals surface area (Å²) in [5, 5.41) is 0. The first-order valence-electron chi connectivity index (χ1n) is 6.68. The summed E-state index contributed by atoms with van der Waals surface area (Å²) < 4.78 is 5.47. The van der Waals surface area contributed by atoms with Crippen molar-refractivity contribution >= 4 is 23.1 Å². The van der Waals surface area contributed by atoms with Crippen molar-refractivity contribution < 1.29 is 9.53 Å². The van der Waals surface area contributed by atoms with Gasteiger partial charge in [-0.25, -0.2) is 0 Å². The highest BCUT2D eigenvalue weighted by molar-refractivity contribution is 7.80. The minimum atomic E-state index is 0.00985. The predicted octanol–water partition coefficient (Wildman–Crippen LogP) is 0.622. The molecular formula is C13H25N3O2S. The first kappa shape index (κ1) is 16.3. The van der Waals surface area contributed by atoms with E-state index in [1.54, 1.807) is 11.9 Å². The van der Waals surface area contributed by atoms with E-state index < -0.39 is 0 Å². The van der Waals surface area contributed by atoms with Crippen LogP contribution in [0.3, 0.4) is 0 Å². The zero-order chi connectivity index (χ0) is 14.5. The van der Waals surface area contributed by atoms with Gasteiger partial charge in [-0.3, -0.25) is 9.69 Å². The van der Waals surface area contributed by atoms with Gasteiger partial charge in [-0.15, -0.1) is 0 Å². The van der Waals surface area contributed by atoms with Gasteiger partial charge in [0.15, 0.2) is 0 Å². The number of carbonyl (C=O) groups excluding carboxylic acids is 1. The van der Waals surface area contributed by atoms with Crippen LogP contribution in [0.15, 0.2) is 0 Å². The van der Waals surface area contributed by atoms with Crippen molar-refractivity contribution in [2.24, 2.45) is 5.73 Å². The Kier molecular flexibility index (Phi) is 6.16. The average Bonchev–Trinajstić information content (AvgIpc) is 2.33. The second-order valence-corrected chi connectivity index (χ2v) is 6.16. The minimum Gasteiger partial charge on any atom is -0.393 e. The van der Waals surface area contributed by atoms with Crippen LogP contribution in [0.25, 0.3) is 0 Å². The van der Waals surface area contributed by atoms with Gasteiger partial charge < -0.3 is 15.4 Å². The molecule has 1 heterocycles. The lowest BCUT2D eigenvalue weighted by molar-refractivity contribution is -0.131. The van der Waals surface area contributed by atoms with Gasteiger partial charge in [0.25, 0.3) is 0 Å². The molecule has 1 aliphatic rings. The van der Waals surface area contributed by atoms with Gasteiger partial charge in [-0.05, 0) is 13.8 Å². The Morgan fingerprint density at radius 3 is 2.74 bits per heavy atom. The normalized spacial score (nSPS) is 19.1. The summed E-state index contributed by atoms with van der Waals surface area (Å²) in [6.45, 7) is 8.01. The van der Waals surface area contributed by atoms with Crippen LogP contribution in [0.1, 0.15) is 26.7 Å². The summed E-state index contributed by atoms with van der Waals surface area (Å²) in [4.78, 5) is 16.5. The number of amides is 1. The first-order valence-corrected chi connectivity index (χ1v) is 7.09. The lowest BCUT2D eigenvalue weighted by Crippen LogP contribution is -2.53. The molecule has 5 nitrogen and oxygen atoms in total. The first-order chi connectivity index (χ1) is 8.83. The van der Waals surface area contributed by atoms with E-state index in [0.29, 0.717) is 24.4 Å². The van der Waals surface area contributed by atoms with Crippen LogP contribution in [0, 0.1) is 0 Å². The Morgan fingerprint density at radius 1 is 1.47 bits per heavy atom. The molecule has 0 aliphatic carbocycles. The Bertz CT molecular complexity index is 334. The van der Waals surface area contributed by atoms with E-state index in [9.17, 15) is 4.79 Å². The fourth-order valence-electron chi connectivity index (χ4n) is 2.13. The fraction of sp³-hybridized carbons (Fsp3) is 0.846. The van der Waals surface area contributed by atoms with Crippen LogP contribution in [0.2, 0.25) is 0 Å². The highest BCUT2D eigenvalue weighted by atomic mass is 32.1. The molecule has 0 aromatic carbocycles. The van der Waals surface area contributed by atoms with Crippen LogP contribution in [-0.4, -0.2) is 66.1 Å². The highest BCUT2D eigenvalue weighted by Gasteiger charge is 2.30. The largest absolute Gasteiger partial charge is 0.393 e. The topological polar surface area (TPSA) is 58.8 Å². The van der Waals surface area contributed by atoms with Crippen LogP contribution in [0.4, 0.5) is 0 Å². The number of nitrogens with zero attached hydrogens (tertiary/aromatic N) is 2. The number of thiocarbonyl (C=S) groups is 1. The molecule has 0 bridgehead atoms. The Labute approximate surface area is 121 Å². The number of rotatable bonds is 6. The van der Waals surface area contributed by atoms with Crippen molar-refractivity contribution in [3.63, 3.8) is 0 Å². The Morgan fingerprint density at radius 2 is 2.16 bits per heavy atom. The summed E-state index contributed by atoms with van der Waals surface area (Å²) in [6, 6.07) is 0. The summed E-state index contributed by atoms with van der Waals surface area (Å²) in [6.07, 6.45) is 1.11. The van der Waals surface area contributed by atoms with E-state index in [-0.39, 0.29) is 11.4 Å². The van der Waals surface area contributed by atoms with Gasteiger partial charge in [-0.1, -0.05) is 12.2 Å². The minimum absolute atomic E-state index is 0.00985. The van der Waals surface area contributed by atoms with E-state index in [1.807, 2.05) is 0 Å². The molecule has 110 valence electrons. The van der Waals surface area contributed by atoms with Crippen molar-refractivity contribution in [1.29, 1.82) is 0 Å². The van der Waals surface area contributed by atoms with Crippen LogP contribution < -0.4 is 5.73 Å². The molecule has 1 amide bonds. The van der Waals surface area contributed by atoms with Gasteiger partial charge in [0, 0.05) is 45.1 Å². The number of carbonyl (C=O) groups is 1. The monoisotopic (exact) mass is 287 g/mol. The standard InChI is InChI=1S/C13H25N3O2S/c1-13(2)10-18-9-8-16(13)7-5-12(17)15(3)6-4-11(14)19/h4-10H2,1-3H3,(H2,14,19). The molecular weight excluding hydrogens is 262 g/mol. The van der Waals surface area contributed by atoms with Gasteiger partial charge in [0.1, 0.15) is 0 Å². The molecule has 0 unspecified atom stereocenters. The molecule has 0 aromatic rings. The van der Waals surface area contributed by atoms with Crippen molar-refractivity contribution in [3.05, 3.63) is 0 Å². The summed E-state index contributed by atoms with van der Waals surface area (Å²) in [5.74, 6) is 0.138. The number of nitrogens with two attached hydrogens (primary N) is 1. The molecule has 6 heteroatoms. The Balaban J connectivity index is 2.34. The SMILES string of the molecule is CN(CCC(N)=S)C(=O)CCN1CCOCC1(C)C. The zero-order valence-corrected chi connectivity index (χ0v) is 13.0. The maximum absolute atomic E-state index is 12.0. The summed E-state index contributed by atoms with van der Waals surface area (Å²) >= 11 is 4.82. The van der Waals surface area contributed by atoms with Crippen LogP contribution >= 0.6 is 12.2 Å².